The number of sulfone groups is 1. The minimum atomic E-state index is -2.91. The number of aromatic nitrogens is 2. The molecule has 124 valence electrons. The normalized spacial score (nSPS) is 32.4. The average Bonchev–Trinajstić information content (AvgIpc) is 3.05. The molecule has 2 aliphatic heterocycles. The fraction of sp³-hybridized carbons (Fsp3) is 0.800. The Morgan fingerprint density at radius 2 is 2.32 bits per heavy atom. The van der Waals surface area contributed by atoms with E-state index in [9.17, 15) is 8.42 Å². The number of nitrogens with zero attached hydrogens (tertiary/aromatic N) is 3. The highest BCUT2D eigenvalue weighted by molar-refractivity contribution is 7.91. The summed E-state index contributed by atoms with van der Waals surface area (Å²) in [4.78, 5) is 2.44. The zero-order chi connectivity index (χ0) is 15.8. The number of rotatable bonds is 4. The number of likely N-dealkylation sites (tertiary alicyclic amines) is 1. The summed E-state index contributed by atoms with van der Waals surface area (Å²) >= 11 is 0. The summed E-state index contributed by atoms with van der Waals surface area (Å²) in [7, 11) is -0.889. The lowest BCUT2D eigenvalue weighted by atomic mass is 10.0. The summed E-state index contributed by atoms with van der Waals surface area (Å²) < 4.78 is 25.4. The summed E-state index contributed by atoms with van der Waals surface area (Å²) in [6.07, 6.45) is 7.03. The first-order valence-corrected chi connectivity index (χ1v) is 9.86. The first-order chi connectivity index (χ1) is 10.4. The van der Waals surface area contributed by atoms with Gasteiger partial charge in [0.1, 0.15) is 0 Å². The summed E-state index contributed by atoms with van der Waals surface area (Å²) in [6.45, 7) is 5.07. The van der Waals surface area contributed by atoms with Crippen molar-refractivity contribution in [3.8, 4) is 0 Å². The van der Waals surface area contributed by atoms with E-state index in [1.807, 2.05) is 31.0 Å². The fourth-order valence-electron chi connectivity index (χ4n) is 3.60. The molecule has 0 saturated carbocycles. The molecule has 2 atom stereocenters. The van der Waals surface area contributed by atoms with Crippen molar-refractivity contribution < 1.29 is 8.42 Å². The fourth-order valence-corrected chi connectivity index (χ4v) is 5.72. The molecule has 1 N–H and O–H groups in total. The summed E-state index contributed by atoms with van der Waals surface area (Å²) in [5, 5.41) is 7.81. The first-order valence-electron chi connectivity index (χ1n) is 8.04. The maximum absolute atomic E-state index is 11.8. The number of hydrogen-bond donors (Lipinski definition) is 1. The van der Waals surface area contributed by atoms with Crippen LogP contribution in [0, 0.1) is 0 Å². The van der Waals surface area contributed by atoms with Crippen molar-refractivity contribution in [2.45, 2.75) is 44.3 Å². The Labute approximate surface area is 132 Å². The average molecular weight is 326 g/mol. The third kappa shape index (κ3) is 3.36. The van der Waals surface area contributed by atoms with Crippen molar-refractivity contribution in [3.63, 3.8) is 0 Å². The van der Waals surface area contributed by atoms with Crippen LogP contribution in [0.25, 0.3) is 0 Å². The van der Waals surface area contributed by atoms with Crippen molar-refractivity contribution in [3.05, 3.63) is 18.0 Å². The van der Waals surface area contributed by atoms with Crippen molar-refractivity contribution in [2.24, 2.45) is 0 Å². The first kappa shape index (κ1) is 16.0. The third-order valence-corrected chi connectivity index (χ3v) is 6.88. The number of nitrogens with one attached hydrogen (secondary N) is 1. The minimum absolute atomic E-state index is 0.201. The maximum Gasteiger partial charge on any atom is 0.152 e. The minimum Gasteiger partial charge on any atom is -0.316 e. The quantitative estimate of drug-likeness (QED) is 0.878. The molecule has 1 aromatic heterocycles. The molecule has 0 spiro atoms. The van der Waals surface area contributed by atoms with Crippen molar-refractivity contribution in [2.75, 3.05) is 31.6 Å². The predicted octanol–water partition coefficient (Wildman–Crippen LogP) is 0.601. The summed E-state index contributed by atoms with van der Waals surface area (Å²) in [5.74, 6) is 0.474. The summed E-state index contributed by atoms with van der Waals surface area (Å²) in [6, 6.07) is 0.571. The Hall–Kier alpha value is -0.920. The lowest BCUT2D eigenvalue weighted by molar-refractivity contribution is 0.188. The van der Waals surface area contributed by atoms with Crippen LogP contribution in [0.15, 0.2) is 12.4 Å². The van der Waals surface area contributed by atoms with E-state index in [4.69, 9.17) is 0 Å². The molecular formula is C15H26N4O2S. The Balaban J connectivity index is 1.67. The lowest BCUT2D eigenvalue weighted by Crippen LogP contribution is -2.43. The SMILES string of the molecule is CNC1CCCN(Cc2cnn(C3(C)CCS(=O)(=O)C3)c2)C1. The highest BCUT2D eigenvalue weighted by atomic mass is 32.2. The van der Waals surface area contributed by atoms with E-state index in [1.54, 1.807) is 0 Å². The van der Waals surface area contributed by atoms with Crippen LogP contribution in [0.2, 0.25) is 0 Å². The monoisotopic (exact) mass is 326 g/mol. The highest BCUT2D eigenvalue weighted by Crippen LogP contribution is 2.30. The van der Waals surface area contributed by atoms with Gasteiger partial charge in [-0.15, -0.1) is 0 Å². The molecule has 2 unspecified atom stereocenters. The molecular weight excluding hydrogens is 300 g/mol. The second-order valence-electron chi connectivity index (χ2n) is 7.00. The molecule has 6 nitrogen and oxygen atoms in total. The molecule has 2 fully saturated rings. The Morgan fingerprint density at radius 1 is 1.50 bits per heavy atom. The maximum atomic E-state index is 11.8. The van der Waals surface area contributed by atoms with E-state index in [0.717, 1.165) is 19.6 Å². The van der Waals surface area contributed by atoms with Crippen LogP contribution in [0.5, 0.6) is 0 Å². The molecule has 2 aliphatic rings. The zero-order valence-corrected chi connectivity index (χ0v) is 14.3. The second-order valence-corrected chi connectivity index (χ2v) is 9.18. The van der Waals surface area contributed by atoms with Crippen LogP contribution < -0.4 is 5.32 Å². The van der Waals surface area contributed by atoms with Gasteiger partial charge in [0.05, 0.1) is 23.2 Å². The third-order valence-electron chi connectivity index (χ3n) is 4.99. The largest absolute Gasteiger partial charge is 0.316 e. The Kier molecular flexibility index (Phi) is 4.31. The molecule has 3 rings (SSSR count). The van der Waals surface area contributed by atoms with E-state index in [2.05, 4.69) is 15.3 Å². The van der Waals surface area contributed by atoms with Gasteiger partial charge in [-0.1, -0.05) is 0 Å². The van der Waals surface area contributed by atoms with Gasteiger partial charge in [0.15, 0.2) is 9.84 Å². The summed E-state index contributed by atoms with van der Waals surface area (Å²) in [5.41, 5.74) is 0.786. The predicted molar refractivity (Wildman–Crippen MR) is 86.5 cm³/mol. The smallest absolute Gasteiger partial charge is 0.152 e. The van der Waals surface area contributed by atoms with Gasteiger partial charge in [-0.05, 0) is 39.8 Å². The molecule has 0 aliphatic carbocycles. The van der Waals surface area contributed by atoms with Gasteiger partial charge in [0, 0.05) is 30.9 Å². The molecule has 2 saturated heterocycles. The number of likely N-dealkylation sites (N-methyl/N-ethyl adjacent to an activating group) is 1. The molecule has 0 radical (unpaired) electrons. The molecule has 0 bridgehead atoms. The standard InChI is InChI=1S/C15H26N4O2S/c1-15(5-7-22(20,21)12-15)19-10-13(8-17-19)9-18-6-3-4-14(11-18)16-2/h8,10,14,16H,3-7,9,11-12H2,1-2H3. The van der Waals surface area contributed by atoms with Crippen LogP contribution in [0.3, 0.4) is 0 Å². The van der Waals surface area contributed by atoms with Crippen molar-refractivity contribution in [1.82, 2.24) is 20.0 Å². The van der Waals surface area contributed by atoms with Gasteiger partial charge in [-0.2, -0.15) is 5.10 Å². The lowest BCUT2D eigenvalue weighted by Gasteiger charge is -2.32. The van der Waals surface area contributed by atoms with Gasteiger partial charge in [-0.25, -0.2) is 8.42 Å². The van der Waals surface area contributed by atoms with E-state index in [0.29, 0.717) is 12.5 Å². The number of piperidine rings is 1. The van der Waals surface area contributed by atoms with Gasteiger partial charge in [0.25, 0.3) is 0 Å². The number of hydrogen-bond acceptors (Lipinski definition) is 5. The van der Waals surface area contributed by atoms with Gasteiger partial charge < -0.3 is 5.32 Å². The van der Waals surface area contributed by atoms with Crippen molar-refractivity contribution >= 4 is 9.84 Å². The topological polar surface area (TPSA) is 67.2 Å². The van der Waals surface area contributed by atoms with E-state index in [1.165, 1.54) is 18.4 Å². The Bertz CT molecular complexity index is 627. The molecule has 1 aromatic rings. The van der Waals surface area contributed by atoms with Gasteiger partial charge >= 0.3 is 0 Å². The Morgan fingerprint density at radius 3 is 3.00 bits per heavy atom. The molecule has 0 aromatic carbocycles. The van der Waals surface area contributed by atoms with Gasteiger partial charge in [0.2, 0.25) is 0 Å². The van der Waals surface area contributed by atoms with E-state index >= 15 is 0 Å². The van der Waals surface area contributed by atoms with Crippen LogP contribution in [0.1, 0.15) is 31.7 Å². The van der Waals surface area contributed by atoms with Crippen LogP contribution in [-0.2, 0) is 21.9 Å². The molecule has 0 amide bonds. The van der Waals surface area contributed by atoms with Crippen LogP contribution in [-0.4, -0.2) is 60.8 Å². The molecule has 3 heterocycles. The molecule has 22 heavy (non-hydrogen) atoms. The second kappa shape index (κ2) is 5.94. The highest BCUT2D eigenvalue weighted by Gasteiger charge is 2.40. The van der Waals surface area contributed by atoms with E-state index in [-0.39, 0.29) is 17.0 Å². The van der Waals surface area contributed by atoms with E-state index < -0.39 is 9.84 Å². The van der Waals surface area contributed by atoms with Crippen LogP contribution in [0.4, 0.5) is 0 Å². The zero-order valence-electron chi connectivity index (χ0n) is 13.5. The van der Waals surface area contributed by atoms with Gasteiger partial charge in [-0.3, -0.25) is 9.58 Å². The van der Waals surface area contributed by atoms with Crippen molar-refractivity contribution in [1.29, 1.82) is 0 Å². The molecule has 7 heteroatoms. The van der Waals surface area contributed by atoms with Crippen LogP contribution >= 0.6 is 0 Å².